The van der Waals surface area contributed by atoms with Gasteiger partial charge in [-0.15, -0.1) is 16.4 Å². The van der Waals surface area contributed by atoms with Crippen LogP contribution in [0.3, 0.4) is 0 Å². The van der Waals surface area contributed by atoms with E-state index < -0.39 is 0 Å². The van der Waals surface area contributed by atoms with Crippen LogP contribution in [0.4, 0.5) is 0 Å². The molecule has 68 valence electrons. The fourth-order valence-corrected chi connectivity index (χ4v) is 2.44. The number of halogens is 2. The van der Waals surface area contributed by atoms with Gasteiger partial charge in [0.25, 0.3) is 5.89 Å². The molecule has 3 nitrogen and oxygen atoms in total. The minimum atomic E-state index is 0.0668. The summed E-state index contributed by atoms with van der Waals surface area (Å²) in [6, 6.07) is 1.97. The zero-order valence-corrected chi connectivity index (χ0v) is 9.70. The third-order valence-electron chi connectivity index (χ3n) is 1.47. The van der Waals surface area contributed by atoms with E-state index in [-0.39, 0.29) is 5.35 Å². The predicted octanol–water partition coefficient (Wildman–Crippen LogP) is 3.52. The van der Waals surface area contributed by atoms with Crippen LogP contribution in [-0.4, -0.2) is 10.2 Å². The molecule has 0 saturated carbocycles. The first-order valence-electron chi connectivity index (χ1n) is 3.42. The Morgan fingerprint density at radius 1 is 1.54 bits per heavy atom. The van der Waals surface area contributed by atoms with Gasteiger partial charge < -0.3 is 4.42 Å². The van der Waals surface area contributed by atoms with Crippen LogP contribution in [0.2, 0.25) is 5.35 Å². The lowest BCUT2D eigenvalue weighted by Gasteiger charge is -1.82. The molecular formula is C7H4BrClN2OS. The highest BCUT2D eigenvalue weighted by Crippen LogP contribution is 2.34. The molecule has 2 aromatic rings. The molecule has 0 bridgehead atoms. The second kappa shape index (κ2) is 3.40. The fraction of sp³-hybridized carbons (Fsp3) is 0.143. The van der Waals surface area contributed by atoms with E-state index in [1.165, 1.54) is 0 Å². The molecule has 2 heterocycles. The van der Waals surface area contributed by atoms with Gasteiger partial charge in [0, 0.05) is 0 Å². The van der Waals surface area contributed by atoms with E-state index in [4.69, 9.17) is 16.0 Å². The summed E-state index contributed by atoms with van der Waals surface area (Å²) in [5, 5.41) is 7.42. The number of hydrogen-bond donors (Lipinski definition) is 0. The van der Waals surface area contributed by atoms with Crippen LogP contribution in [0, 0.1) is 6.92 Å². The average molecular weight is 280 g/mol. The summed E-state index contributed by atoms with van der Waals surface area (Å²) in [5.41, 5.74) is 1.15. The van der Waals surface area contributed by atoms with Crippen LogP contribution in [0.5, 0.6) is 0 Å². The number of hydrogen-bond acceptors (Lipinski definition) is 4. The number of thiophene rings is 1. The third kappa shape index (κ3) is 1.77. The Morgan fingerprint density at radius 3 is 2.77 bits per heavy atom. The van der Waals surface area contributed by atoms with Gasteiger partial charge in [-0.3, -0.25) is 0 Å². The Hall–Kier alpha value is -0.390. The highest BCUT2D eigenvalue weighted by molar-refractivity contribution is 9.11. The van der Waals surface area contributed by atoms with Gasteiger partial charge in [-0.05, 0) is 46.1 Å². The Labute approximate surface area is 91.9 Å². The summed E-state index contributed by atoms with van der Waals surface area (Å²) in [5.74, 6) is 0.462. The molecule has 0 aliphatic carbocycles. The van der Waals surface area contributed by atoms with Crippen molar-refractivity contribution in [1.82, 2.24) is 10.2 Å². The fourth-order valence-electron chi connectivity index (χ4n) is 0.870. The van der Waals surface area contributed by atoms with Crippen molar-refractivity contribution in [1.29, 1.82) is 0 Å². The summed E-state index contributed by atoms with van der Waals surface area (Å²) >= 11 is 10.5. The lowest BCUT2D eigenvalue weighted by atomic mass is 10.3. The van der Waals surface area contributed by atoms with Crippen LogP contribution in [0.15, 0.2) is 14.3 Å². The van der Waals surface area contributed by atoms with Gasteiger partial charge >= 0.3 is 5.35 Å². The van der Waals surface area contributed by atoms with Crippen LogP contribution in [0.25, 0.3) is 10.8 Å². The van der Waals surface area contributed by atoms with E-state index in [1.807, 2.05) is 13.0 Å². The van der Waals surface area contributed by atoms with Crippen molar-refractivity contribution in [3.63, 3.8) is 0 Å². The number of nitrogens with zero attached hydrogens (tertiary/aromatic N) is 2. The van der Waals surface area contributed by atoms with Gasteiger partial charge in [-0.1, -0.05) is 5.10 Å². The van der Waals surface area contributed by atoms with E-state index in [2.05, 4.69) is 26.1 Å². The van der Waals surface area contributed by atoms with Gasteiger partial charge in [0.2, 0.25) is 0 Å². The summed E-state index contributed by atoms with van der Waals surface area (Å²) < 4.78 is 6.14. The minimum Gasteiger partial charge on any atom is -0.407 e. The maximum absolute atomic E-state index is 5.51. The molecule has 2 rings (SSSR count). The van der Waals surface area contributed by atoms with Gasteiger partial charge in [0.05, 0.1) is 8.66 Å². The van der Waals surface area contributed by atoms with Crippen molar-refractivity contribution in [2.24, 2.45) is 0 Å². The van der Waals surface area contributed by atoms with Crippen LogP contribution >= 0.6 is 38.9 Å². The quantitative estimate of drug-likeness (QED) is 0.801. The second-order valence-electron chi connectivity index (χ2n) is 2.43. The summed E-state index contributed by atoms with van der Waals surface area (Å²) in [6.45, 7) is 2.00. The highest BCUT2D eigenvalue weighted by Gasteiger charge is 2.11. The third-order valence-corrected chi connectivity index (χ3v) is 3.75. The van der Waals surface area contributed by atoms with Crippen molar-refractivity contribution in [2.75, 3.05) is 0 Å². The number of rotatable bonds is 1. The van der Waals surface area contributed by atoms with E-state index >= 15 is 0 Å². The van der Waals surface area contributed by atoms with Gasteiger partial charge in [0.1, 0.15) is 0 Å². The first-order valence-corrected chi connectivity index (χ1v) is 5.41. The molecule has 0 fully saturated rings. The topological polar surface area (TPSA) is 38.9 Å². The maximum atomic E-state index is 5.51. The standard InChI is InChI=1S/C7H4BrClN2OS/c1-3-2-4(13-5(3)8)6-10-11-7(9)12-6/h2H,1H3. The summed E-state index contributed by atoms with van der Waals surface area (Å²) in [4.78, 5) is 0.920. The minimum absolute atomic E-state index is 0.0668. The van der Waals surface area contributed by atoms with Crippen molar-refractivity contribution < 1.29 is 4.42 Å². The lowest BCUT2D eigenvalue weighted by Crippen LogP contribution is -1.70. The van der Waals surface area contributed by atoms with Crippen LogP contribution in [-0.2, 0) is 0 Å². The average Bonchev–Trinajstić information content (AvgIpc) is 2.61. The zero-order chi connectivity index (χ0) is 9.42. The molecule has 0 aromatic carbocycles. The number of aryl methyl sites for hydroxylation is 1. The van der Waals surface area contributed by atoms with Crippen molar-refractivity contribution in [3.8, 4) is 10.8 Å². The smallest absolute Gasteiger partial charge is 0.313 e. The molecule has 0 unspecified atom stereocenters. The molecule has 0 aliphatic rings. The van der Waals surface area contributed by atoms with E-state index in [0.29, 0.717) is 5.89 Å². The van der Waals surface area contributed by atoms with Crippen molar-refractivity contribution in [3.05, 3.63) is 20.8 Å². The molecule has 0 atom stereocenters. The van der Waals surface area contributed by atoms with E-state index in [1.54, 1.807) is 11.3 Å². The molecule has 0 saturated heterocycles. The first-order chi connectivity index (χ1) is 6.16. The molecule has 0 aliphatic heterocycles. The first kappa shape index (κ1) is 9.18. The Balaban J connectivity index is 2.46. The van der Waals surface area contributed by atoms with E-state index in [9.17, 15) is 0 Å². The molecule has 0 radical (unpaired) electrons. The molecule has 6 heteroatoms. The summed E-state index contributed by atoms with van der Waals surface area (Å²) in [6.07, 6.45) is 0. The largest absolute Gasteiger partial charge is 0.407 e. The van der Waals surface area contributed by atoms with Gasteiger partial charge in [-0.2, -0.15) is 0 Å². The second-order valence-corrected chi connectivity index (χ2v) is 5.12. The Kier molecular flexibility index (Phi) is 2.40. The maximum Gasteiger partial charge on any atom is 0.313 e. The number of aromatic nitrogens is 2. The molecule has 13 heavy (non-hydrogen) atoms. The SMILES string of the molecule is Cc1cc(-c2nnc(Cl)o2)sc1Br. The summed E-state index contributed by atoms with van der Waals surface area (Å²) in [7, 11) is 0. The van der Waals surface area contributed by atoms with Crippen LogP contribution < -0.4 is 0 Å². The zero-order valence-electron chi connectivity index (χ0n) is 6.54. The normalized spacial score (nSPS) is 10.7. The van der Waals surface area contributed by atoms with Gasteiger partial charge in [-0.25, -0.2) is 0 Å². The molecular weight excluding hydrogens is 276 g/mol. The van der Waals surface area contributed by atoms with Crippen molar-refractivity contribution in [2.45, 2.75) is 6.92 Å². The lowest BCUT2D eigenvalue weighted by molar-refractivity contribution is 0.572. The van der Waals surface area contributed by atoms with Crippen LogP contribution in [0.1, 0.15) is 5.56 Å². The molecule has 0 spiro atoms. The monoisotopic (exact) mass is 278 g/mol. The predicted molar refractivity (Wildman–Crippen MR) is 55.1 cm³/mol. The highest BCUT2D eigenvalue weighted by atomic mass is 79.9. The molecule has 2 aromatic heterocycles. The molecule has 0 N–H and O–H groups in total. The Bertz CT molecular complexity index is 420. The van der Waals surface area contributed by atoms with E-state index in [0.717, 1.165) is 14.2 Å². The van der Waals surface area contributed by atoms with Crippen molar-refractivity contribution >= 4 is 38.9 Å². The molecule has 0 amide bonds. The Morgan fingerprint density at radius 2 is 2.31 bits per heavy atom. The van der Waals surface area contributed by atoms with Gasteiger partial charge in [0.15, 0.2) is 0 Å².